The number of nitro groups is 1. The lowest BCUT2D eigenvalue weighted by Gasteiger charge is -2.21. The van der Waals surface area contributed by atoms with E-state index >= 15 is 0 Å². The molecule has 0 N–H and O–H groups in total. The van der Waals surface area contributed by atoms with Crippen LogP contribution < -0.4 is 0 Å². The van der Waals surface area contributed by atoms with Gasteiger partial charge in [0.15, 0.2) is 0 Å². The number of likely N-dealkylation sites (tertiary alicyclic amines) is 1. The van der Waals surface area contributed by atoms with Crippen LogP contribution in [0.1, 0.15) is 18.4 Å². The number of hydrogen-bond donors (Lipinski definition) is 0. The lowest BCUT2D eigenvalue weighted by Crippen LogP contribution is -2.41. The molecule has 0 spiro atoms. The summed E-state index contributed by atoms with van der Waals surface area (Å²) in [4.78, 5) is 35.0. The molecule has 1 aromatic carbocycles. The number of hydrogen-bond acceptors (Lipinski definition) is 6. The number of methoxy groups -OCH3 is 1. The first-order valence-corrected chi connectivity index (χ1v) is 6.77. The molecule has 0 aromatic heterocycles. The summed E-state index contributed by atoms with van der Waals surface area (Å²) in [6.07, 6.45) is 0.678. The van der Waals surface area contributed by atoms with Crippen LogP contribution in [0.3, 0.4) is 0 Å². The predicted octanol–water partition coefficient (Wildman–Crippen LogP) is 1.87. The van der Waals surface area contributed by atoms with Gasteiger partial charge >= 0.3 is 12.1 Å². The van der Waals surface area contributed by atoms with Crippen LogP contribution in [0.4, 0.5) is 10.5 Å². The second-order valence-electron chi connectivity index (χ2n) is 4.85. The van der Waals surface area contributed by atoms with Gasteiger partial charge in [0.05, 0.1) is 12.0 Å². The molecule has 1 aromatic rings. The van der Waals surface area contributed by atoms with Gasteiger partial charge in [0.2, 0.25) is 0 Å². The Morgan fingerprint density at radius 2 is 2.05 bits per heavy atom. The van der Waals surface area contributed by atoms with Gasteiger partial charge in [-0.2, -0.15) is 0 Å². The third-order valence-electron chi connectivity index (χ3n) is 3.47. The molecule has 1 fully saturated rings. The van der Waals surface area contributed by atoms with Gasteiger partial charge in [-0.25, -0.2) is 9.59 Å². The molecule has 0 bridgehead atoms. The molecular weight excluding hydrogens is 292 g/mol. The van der Waals surface area contributed by atoms with Gasteiger partial charge < -0.3 is 9.47 Å². The molecule has 0 saturated carbocycles. The number of esters is 1. The zero-order valence-corrected chi connectivity index (χ0v) is 12.1. The van der Waals surface area contributed by atoms with Crippen LogP contribution in [0.15, 0.2) is 24.3 Å². The minimum absolute atomic E-state index is 0.0127. The summed E-state index contributed by atoms with van der Waals surface area (Å²) in [5, 5.41) is 10.6. The van der Waals surface area contributed by atoms with Crippen molar-refractivity contribution in [3.63, 3.8) is 0 Å². The maximum absolute atomic E-state index is 12.0. The zero-order valence-electron chi connectivity index (χ0n) is 12.1. The monoisotopic (exact) mass is 308 g/mol. The molecule has 0 aliphatic carbocycles. The Balaban J connectivity index is 1.92. The first-order chi connectivity index (χ1) is 10.5. The second-order valence-corrected chi connectivity index (χ2v) is 4.85. The molecule has 1 heterocycles. The van der Waals surface area contributed by atoms with Crippen molar-refractivity contribution in [2.24, 2.45) is 0 Å². The fraction of sp³-hybridized carbons (Fsp3) is 0.429. The smallest absolute Gasteiger partial charge is 0.410 e. The molecule has 1 atom stereocenters. The molecule has 8 nitrogen and oxygen atoms in total. The van der Waals surface area contributed by atoms with E-state index < -0.39 is 23.0 Å². The normalized spacial score (nSPS) is 17.1. The highest BCUT2D eigenvalue weighted by atomic mass is 16.6. The van der Waals surface area contributed by atoms with Crippen LogP contribution in [0.2, 0.25) is 0 Å². The van der Waals surface area contributed by atoms with Crippen molar-refractivity contribution in [3.8, 4) is 0 Å². The minimum atomic E-state index is -0.602. The van der Waals surface area contributed by atoms with E-state index in [-0.39, 0.29) is 12.3 Å². The fourth-order valence-electron chi connectivity index (χ4n) is 2.31. The van der Waals surface area contributed by atoms with E-state index in [0.717, 1.165) is 0 Å². The third-order valence-corrected chi connectivity index (χ3v) is 3.47. The molecule has 0 unspecified atom stereocenters. The van der Waals surface area contributed by atoms with Crippen molar-refractivity contribution in [1.82, 2.24) is 4.90 Å². The number of nitrogens with zero attached hydrogens (tertiary/aromatic N) is 2. The third kappa shape index (κ3) is 3.51. The molecule has 2 rings (SSSR count). The Morgan fingerprint density at radius 3 is 2.64 bits per heavy atom. The van der Waals surface area contributed by atoms with Gasteiger partial charge in [-0.1, -0.05) is 0 Å². The van der Waals surface area contributed by atoms with Gasteiger partial charge in [-0.15, -0.1) is 0 Å². The van der Waals surface area contributed by atoms with Crippen molar-refractivity contribution < 1.29 is 24.0 Å². The van der Waals surface area contributed by atoms with E-state index in [0.29, 0.717) is 24.9 Å². The summed E-state index contributed by atoms with van der Waals surface area (Å²) in [7, 11) is 1.28. The van der Waals surface area contributed by atoms with Gasteiger partial charge in [0.1, 0.15) is 12.6 Å². The van der Waals surface area contributed by atoms with E-state index in [9.17, 15) is 19.7 Å². The van der Waals surface area contributed by atoms with E-state index in [1.165, 1.54) is 36.3 Å². The molecule has 8 heteroatoms. The van der Waals surface area contributed by atoms with Gasteiger partial charge in [0, 0.05) is 18.7 Å². The number of benzene rings is 1. The predicted molar refractivity (Wildman–Crippen MR) is 75.0 cm³/mol. The van der Waals surface area contributed by atoms with Crippen molar-refractivity contribution in [2.75, 3.05) is 13.7 Å². The van der Waals surface area contributed by atoms with Crippen LogP contribution in [-0.2, 0) is 20.9 Å². The molecule has 1 amide bonds. The van der Waals surface area contributed by atoms with Crippen LogP contribution in [0.5, 0.6) is 0 Å². The van der Waals surface area contributed by atoms with Gasteiger partial charge in [-0.3, -0.25) is 15.0 Å². The molecular formula is C14H16N2O6. The molecule has 1 aliphatic heterocycles. The molecule has 22 heavy (non-hydrogen) atoms. The number of rotatable bonds is 4. The largest absolute Gasteiger partial charge is 0.467 e. The quantitative estimate of drug-likeness (QED) is 0.478. The topological polar surface area (TPSA) is 99.0 Å². The van der Waals surface area contributed by atoms with Crippen molar-refractivity contribution in [1.29, 1.82) is 0 Å². The minimum Gasteiger partial charge on any atom is -0.467 e. The summed E-state index contributed by atoms with van der Waals surface area (Å²) in [6.45, 7) is 0.431. The van der Waals surface area contributed by atoms with E-state index in [4.69, 9.17) is 4.74 Å². The first-order valence-electron chi connectivity index (χ1n) is 6.77. The molecule has 118 valence electrons. The maximum Gasteiger partial charge on any atom is 0.410 e. The first kappa shape index (κ1) is 15.7. The summed E-state index contributed by atoms with van der Waals surface area (Å²) in [6, 6.07) is 5.13. The van der Waals surface area contributed by atoms with Gasteiger partial charge in [0.25, 0.3) is 5.69 Å². The summed E-state index contributed by atoms with van der Waals surface area (Å²) in [5.41, 5.74) is 0.605. The summed E-state index contributed by atoms with van der Waals surface area (Å²) in [5.74, 6) is -0.454. The molecule has 1 saturated heterocycles. The van der Waals surface area contributed by atoms with Crippen molar-refractivity contribution in [3.05, 3.63) is 39.9 Å². The van der Waals surface area contributed by atoms with Crippen LogP contribution >= 0.6 is 0 Å². The Bertz CT molecular complexity index is 571. The highest BCUT2D eigenvalue weighted by molar-refractivity contribution is 5.82. The Morgan fingerprint density at radius 1 is 1.36 bits per heavy atom. The number of carbonyl (C=O) groups excluding carboxylic acids is 2. The van der Waals surface area contributed by atoms with E-state index in [1.807, 2.05) is 0 Å². The highest BCUT2D eigenvalue weighted by Crippen LogP contribution is 2.20. The Labute approximate surface area is 126 Å². The summed E-state index contributed by atoms with van der Waals surface area (Å²) >= 11 is 0. The number of non-ortho nitro benzene ring substituents is 1. The van der Waals surface area contributed by atoms with Gasteiger partial charge in [-0.05, 0) is 30.5 Å². The number of amides is 1. The zero-order chi connectivity index (χ0) is 16.1. The fourth-order valence-corrected chi connectivity index (χ4v) is 2.31. The summed E-state index contributed by atoms with van der Waals surface area (Å²) < 4.78 is 9.81. The van der Waals surface area contributed by atoms with Crippen molar-refractivity contribution in [2.45, 2.75) is 25.5 Å². The second kappa shape index (κ2) is 6.88. The average molecular weight is 308 g/mol. The number of carbonyl (C=O) groups is 2. The van der Waals surface area contributed by atoms with Crippen LogP contribution in [0.25, 0.3) is 0 Å². The number of nitro benzene ring substituents is 1. The maximum atomic E-state index is 12.0. The SMILES string of the molecule is COC(=O)[C@@H]1CCCN1C(=O)OCc1ccc([N+](=O)[O-])cc1. The highest BCUT2D eigenvalue weighted by Gasteiger charge is 2.35. The van der Waals surface area contributed by atoms with Crippen molar-refractivity contribution >= 4 is 17.7 Å². The molecule has 1 aliphatic rings. The average Bonchev–Trinajstić information content (AvgIpc) is 3.01. The standard InChI is InChI=1S/C14H16N2O6/c1-21-13(17)12-3-2-8-15(12)14(18)22-9-10-4-6-11(7-5-10)16(19)20/h4-7,12H,2-3,8-9H2,1H3/t12-/m0/s1. The molecule has 0 radical (unpaired) electrons. The van der Waals surface area contributed by atoms with E-state index in [1.54, 1.807) is 0 Å². The Hall–Kier alpha value is -2.64. The Kier molecular flexibility index (Phi) is 4.92. The van der Waals surface area contributed by atoms with Crippen LogP contribution in [0, 0.1) is 10.1 Å². The lowest BCUT2D eigenvalue weighted by atomic mass is 10.2. The van der Waals surface area contributed by atoms with E-state index in [2.05, 4.69) is 4.74 Å². The number of ether oxygens (including phenoxy) is 2. The lowest BCUT2D eigenvalue weighted by molar-refractivity contribution is -0.384. The van der Waals surface area contributed by atoms with Crippen LogP contribution in [-0.4, -0.2) is 41.6 Å².